The molecule has 0 bridgehead atoms. The van der Waals surface area contributed by atoms with Crippen molar-refractivity contribution in [1.82, 2.24) is 9.97 Å². The molecule has 2 aromatic rings. The maximum atomic E-state index is 12.2. The van der Waals surface area contributed by atoms with Gasteiger partial charge in [-0.15, -0.1) is 0 Å². The molecule has 9 heteroatoms. The maximum Gasteiger partial charge on any atom is 0.279 e. The van der Waals surface area contributed by atoms with Crippen LogP contribution in [0.1, 0.15) is 12.7 Å². The van der Waals surface area contributed by atoms with E-state index in [-0.39, 0.29) is 20.8 Å². The minimum atomic E-state index is -3.78. The lowest BCUT2D eigenvalue weighted by molar-refractivity contribution is 0.598. The van der Waals surface area contributed by atoms with Gasteiger partial charge in [-0.2, -0.15) is 8.42 Å². The van der Waals surface area contributed by atoms with Crippen LogP contribution in [0.5, 0.6) is 0 Å². The largest absolute Gasteiger partial charge is 0.332 e. The molecule has 5 nitrogen and oxygen atoms in total. The molecule has 0 aliphatic heterocycles. The van der Waals surface area contributed by atoms with Gasteiger partial charge in [0.25, 0.3) is 10.0 Å². The van der Waals surface area contributed by atoms with Crippen LogP contribution in [0, 0.1) is 0 Å². The summed E-state index contributed by atoms with van der Waals surface area (Å²) in [5.74, 6) is 0.588. The van der Waals surface area contributed by atoms with Gasteiger partial charge in [-0.25, -0.2) is 4.98 Å². The molecule has 108 valence electrons. The molecule has 1 aromatic heterocycles. The second-order valence-corrected chi connectivity index (χ2v) is 7.14. The molecule has 0 radical (unpaired) electrons. The highest BCUT2D eigenvalue weighted by Gasteiger charge is 2.19. The number of imidazole rings is 1. The van der Waals surface area contributed by atoms with Gasteiger partial charge in [-0.1, -0.05) is 30.1 Å². The zero-order valence-electron chi connectivity index (χ0n) is 10.2. The Kier molecular flexibility index (Phi) is 4.63. The molecule has 1 heterocycles. The van der Waals surface area contributed by atoms with Crippen LogP contribution in [-0.4, -0.2) is 18.4 Å². The SMILES string of the molecule is CCc1ncc(S(=O)(=O)Nc2ccc(Br)c(Cl)c2Cl)[nH]1. The predicted octanol–water partition coefficient (Wildman–Crippen LogP) is 3.84. The monoisotopic (exact) mass is 397 g/mol. The standard InChI is InChI=1S/C11H10BrCl2N3O2S/c1-2-8-15-5-9(16-8)20(18,19)17-7-4-3-6(12)10(13)11(7)14/h3-5,17H,2H2,1H3,(H,15,16). The fourth-order valence-corrected chi connectivity index (χ4v) is 3.35. The van der Waals surface area contributed by atoms with Gasteiger partial charge >= 0.3 is 0 Å². The average molecular weight is 399 g/mol. The van der Waals surface area contributed by atoms with Crippen molar-refractivity contribution in [2.24, 2.45) is 0 Å². The fourth-order valence-electron chi connectivity index (χ4n) is 1.46. The summed E-state index contributed by atoms with van der Waals surface area (Å²) < 4.78 is 27.3. The predicted molar refractivity (Wildman–Crippen MR) is 82.9 cm³/mol. The minimum absolute atomic E-state index is 0.0237. The Labute approximate surface area is 134 Å². The molecule has 0 spiro atoms. The number of hydrogen-bond donors (Lipinski definition) is 2. The first-order chi connectivity index (χ1) is 9.35. The normalized spacial score (nSPS) is 11.6. The molecule has 0 aliphatic rings. The van der Waals surface area contributed by atoms with E-state index in [1.54, 1.807) is 6.07 Å². The van der Waals surface area contributed by atoms with Gasteiger partial charge in [0.2, 0.25) is 0 Å². The summed E-state index contributed by atoms with van der Waals surface area (Å²) in [6.45, 7) is 1.87. The van der Waals surface area contributed by atoms with Crippen LogP contribution in [0.25, 0.3) is 0 Å². The van der Waals surface area contributed by atoms with E-state index < -0.39 is 10.0 Å². The number of benzene rings is 1. The smallest absolute Gasteiger partial charge is 0.279 e. The molecule has 0 saturated carbocycles. The quantitative estimate of drug-likeness (QED) is 0.768. The number of sulfonamides is 1. The van der Waals surface area contributed by atoms with Crippen LogP contribution in [0.2, 0.25) is 10.0 Å². The number of nitrogens with zero attached hydrogens (tertiary/aromatic N) is 1. The van der Waals surface area contributed by atoms with E-state index >= 15 is 0 Å². The van der Waals surface area contributed by atoms with Gasteiger partial charge in [0.1, 0.15) is 5.82 Å². The second kappa shape index (κ2) is 5.93. The van der Waals surface area contributed by atoms with Gasteiger partial charge in [-0.3, -0.25) is 4.72 Å². The Morgan fingerprint density at radius 3 is 2.65 bits per heavy atom. The number of aromatic amines is 1. The number of halogens is 3. The minimum Gasteiger partial charge on any atom is -0.332 e. The molecule has 2 rings (SSSR count). The summed E-state index contributed by atoms with van der Waals surface area (Å²) in [6, 6.07) is 3.13. The van der Waals surface area contributed by atoms with E-state index in [4.69, 9.17) is 23.2 Å². The van der Waals surface area contributed by atoms with Gasteiger partial charge in [0, 0.05) is 10.9 Å². The van der Waals surface area contributed by atoms with Crippen LogP contribution < -0.4 is 4.72 Å². The lowest BCUT2D eigenvalue weighted by atomic mass is 10.3. The molecular weight excluding hydrogens is 389 g/mol. The van der Waals surface area contributed by atoms with E-state index in [1.807, 2.05) is 6.92 Å². The van der Waals surface area contributed by atoms with Crippen molar-refractivity contribution in [3.05, 3.63) is 38.7 Å². The zero-order valence-corrected chi connectivity index (χ0v) is 14.2. The van der Waals surface area contributed by atoms with Crippen molar-refractivity contribution in [3.8, 4) is 0 Å². The number of aromatic nitrogens is 2. The summed E-state index contributed by atoms with van der Waals surface area (Å²) in [7, 11) is -3.78. The van der Waals surface area contributed by atoms with E-state index in [0.29, 0.717) is 16.7 Å². The first kappa shape index (κ1) is 15.6. The van der Waals surface area contributed by atoms with Crippen molar-refractivity contribution in [2.75, 3.05) is 4.72 Å². The molecule has 0 saturated heterocycles. The highest BCUT2D eigenvalue weighted by Crippen LogP contribution is 2.36. The van der Waals surface area contributed by atoms with Crippen LogP contribution >= 0.6 is 39.1 Å². The van der Waals surface area contributed by atoms with E-state index in [2.05, 4.69) is 30.6 Å². The van der Waals surface area contributed by atoms with Crippen LogP contribution in [-0.2, 0) is 16.4 Å². The second-order valence-electron chi connectivity index (χ2n) is 3.88. The molecule has 0 fully saturated rings. The van der Waals surface area contributed by atoms with Gasteiger partial charge in [-0.05, 0) is 28.1 Å². The molecule has 1 aromatic carbocycles. The van der Waals surface area contributed by atoms with Crippen molar-refractivity contribution in [2.45, 2.75) is 18.4 Å². The molecular formula is C11H10BrCl2N3O2S. The third kappa shape index (κ3) is 3.11. The number of nitrogens with one attached hydrogen (secondary N) is 2. The van der Waals surface area contributed by atoms with Gasteiger partial charge in [0.15, 0.2) is 5.03 Å². The number of H-pyrrole nitrogens is 1. The Hall–Kier alpha value is -0.760. The highest BCUT2D eigenvalue weighted by atomic mass is 79.9. The Morgan fingerprint density at radius 1 is 1.35 bits per heavy atom. The number of hydrogen-bond acceptors (Lipinski definition) is 3. The number of anilines is 1. The summed E-state index contributed by atoms with van der Waals surface area (Å²) in [5.41, 5.74) is 0.201. The third-order valence-corrected chi connectivity index (χ3v) is 5.56. The molecule has 0 unspecified atom stereocenters. The molecule has 20 heavy (non-hydrogen) atoms. The van der Waals surface area contributed by atoms with Crippen LogP contribution in [0.15, 0.2) is 27.8 Å². The maximum absolute atomic E-state index is 12.2. The van der Waals surface area contributed by atoms with E-state index in [0.717, 1.165) is 0 Å². The van der Waals surface area contributed by atoms with Crippen molar-refractivity contribution in [3.63, 3.8) is 0 Å². The Balaban J connectivity index is 2.36. The van der Waals surface area contributed by atoms with Crippen LogP contribution in [0.3, 0.4) is 0 Å². The fraction of sp³-hybridized carbons (Fsp3) is 0.182. The first-order valence-corrected chi connectivity index (χ1v) is 8.58. The van der Waals surface area contributed by atoms with Crippen molar-refractivity contribution in [1.29, 1.82) is 0 Å². The molecule has 0 atom stereocenters. The summed E-state index contributed by atoms with van der Waals surface area (Å²) in [5, 5.41) is 0.343. The van der Waals surface area contributed by atoms with Crippen LogP contribution in [0.4, 0.5) is 5.69 Å². The van der Waals surface area contributed by atoms with E-state index in [1.165, 1.54) is 12.3 Å². The van der Waals surface area contributed by atoms with E-state index in [9.17, 15) is 8.42 Å². The highest BCUT2D eigenvalue weighted by molar-refractivity contribution is 9.10. The third-order valence-electron chi connectivity index (χ3n) is 2.51. The summed E-state index contributed by atoms with van der Waals surface area (Å²) in [4.78, 5) is 6.68. The lowest BCUT2D eigenvalue weighted by Crippen LogP contribution is -2.14. The Bertz CT molecular complexity index is 746. The zero-order chi connectivity index (χ0) is 14.9. The average Bonchev–Trinajstić information content (AvgIpc) is 2.89. The van der Waals surface area contributed by atoms with Gasteiger partial charge < -0.3 is 4.98 Å². The topological polar surface area (TPSA) is 74.8 Å². The Morgan fingerprint density at radius 2 is 2.05 bits per heavy atom. The number of aryl methyl sites for hydroxylation is 1. The summed E-state index contributed by atoms with van der Waals surface area (Å²) >= 11 is 15.2. The van der Waals surface area contributed by atoms with Gasteiger partial charge in [0.05, 0.1) is 21.9 Å². The number of rotatable bonds is 4. The molecule has 2 N–H and O–H groups in total. The molecule has 0 amide bonds. The molecule has 0 aliphatic carbocycles. The lowest BCUT2D eigenvalue weighted by Gasteiger charge is -2.10. The van der Waals surface area contributed by atoms with Crippen molar-refractivity contribution >= 4 is 54.8 Å². The first-order valence-electron chi connectivity index (χ1n) is 5.55. The van der Waals surface area contributed by atoms with Crippen molar-refractivity contribution < 1.29 is 8.42 Å². The summed E-state index contributed by atoms with van der Waals surface area (Å²) in [6.07, 6.45) is 1.87.